The van der Waals surface area contributed by atoms with E-state index >= 15 is 0 Å². The lowest BCUT2D eigenvalue weighted by Crippen LogP contribution is -2.34. The van der Waals surface area contributed by atoms with E-state index in [1.54, 1.807) is 11.3 Å². The zero-order chi connectivity index (χ0) is 18.6. The Morgan fingerprint density at radius 3 is 2.62 bits per heavy atom. The van der Waals surface area contributed by atoms with Crippen molar-refractivity contribution in [3.63, 3.8) is 0 Å². The number of carbonyl (C=O) groups excluding carboxylic acids is 1. The molecule has 0 radical (unpaired) electrons. The van der Waals surface area contributed by atoms with Gasteiger partial charge in [-0.3, -0.25) is 0 Å². The summed E-state index contributed by atoms with van der Waals surface area (Å²) >= 11 is 1.73. The number of thiophene rings is 1. The van der Waals surface area contributed by atoms with Gasteiger partial charge in [-0.2, -0.15) is 0 Å². The van der Waals surface area contributed by atoms with Gasteiger partial charge in [0.1, 0.15) is 18.0 Å². The van der Waals surface area contributed by atoms with Gasteiger partial charge in [0.25, 0.3) is 0 Å². The Hall–Kier alpha value is -2.53. The number of rotatable bonds is 5. The Bertz CT molecular complexity index is 895. The molecule has 1 N–H and O–H groups in total. The highest BCUT2D eigenvalue weighted by Crippen LogP contribution is 2.37. The molecule has 1 aromatic heterocycles. The van der Waals surface area contributed by atoms with E-state index in [0.29, 0.717) is 13.2 Å². The molecule has 4 nitrogen and oxygen atoms in total. The SMILES string of the molecule is CC(C)(C)OC(=O)NCCOc1ccccc1-c1cccc2ccsc12. The molecule has 0 bridgehead atoms. The van der Waals surface area contributed by atoms with E-state index in [4.69, 9.17) is 9.47 Å². The van der Waals surface area contributed by atoms with Crippen LogP contribution in [0.5, 0.6) is 5.75 Å². The molecule has 26 heavy (non-hydrogen) atoms. The molecule has 0 saturated heterocycles. The third-order valence-electron chi connectivity index (χ3n) is 3.68. The predicted molar refractivity (Wildman–Crippen MR) is 107 cm³/mol. The summed E-state index contributed by atoms with van der Waals surface area (Å²) in [4.78, 5) is 11.7. The number of ether oxygens (including phenoxy) is 2. The van der Waals surface area contributed by atoms with Crippen LogP contribution in [0.15, 0.2) is 53.9 Å². The minimum Gasteiger partial charge on any atom is -0.491 e. The first kappa shape index (κ1) is 18.3. The number of carbonyl (C=O) groups is 1. The molecule has 0 saturated carbocycles. The van der Waals surface area contributed by atoms with Crippen LogP contribution in [0, 0.1) is 0 Å². The standard InChI is InChI=1S/C21H23NO3S/c1-21(2,3)25-20(23)22-12-13-24-18-10-5-4-8-16(18)17-9-6-7-15-11-14-26-19(15)17/h4-11,14H,12-13H2,1-3H3,(H,22,23). The van der Waals surface area contributed by atoms with Gasteiger partial charge in [-0.05, 0) is 43.7 Å². The van der Waals surface area contributed by atoms with Crippen LogP contribution in [0.25, 0.3) is 21.2 Å². The number of alkyl carbamates (subject to hydrolysis) is 1. The molecule has 0 aliphatic heterocycles. The predicted octanol–water partition coefficient (Wildman–Crippen LogP) is 5.47. The van der Waals surface area contributed by atoms with Crippen LogP contribution in [0.1, 0.15) is 20.8 Å². The molecule has 5 heteroatoms. The highest BCUT2D eigenvalue weighted by molar-refractivity contribution is 7.17. The molecule has 0 aliphatic carbocycles. The number of benzene rings is 2. The van der Waals surface area contributed by atoms with Crippen molar-refractivity contribution in [3.8, 4) is 16.9 Å². The summed E-state index contributed by atoms with van der Waals surface area (Å²) < 4.78 is 12.4. The van der Waals surface area contributed by atoms with Gasteiger partial charge in [0.05, 0.1) is 6.54 Å². The molecule has 0 fully saturated rings. The van der Waals surface area contributed by atoms with Crippen LogP contribution >= 0.6 is 11.3 Å². The average Bonchev–Trinajstić information content (AvgIpc) is 3.06. The zero-order valence-electron chi connectivity index (χ0n) is 15.2. The van der Waals surface area contributed by atoms with Crippen molar-refractivity contribution in [3.05, 3.63) is 53.9 Å². The average molecular weight is 369 g/mol. The van der Waals surface area contributed by atoms with Gasteiger partial charge in [0.15, 0.2) is 0 Å². The number of hydrogen-bond donors (Lipinski definition) is 1. The van der Waals surface area contributed by atoms with Crippen molar-refractivity contribution < 1.29 is 14.3 Å². The quantitative estimate of drug-likeness (QED) is 0.607. The molecule has 0 atom stereocenters. The molecular formula is C21H23NO3S. The van der Waals surface area contributed by atoms with Crippen LogP contribution in [-0.2, 0) is 4.74 Å². The summed E-state index contributed by atoms with van der Waals surface area (Å²) in [5, 5.41) is 6.04. The van der Waals surface area contributed by atoms with Crippen LogP contribution in [0.2, 0.25) is 0 Å². The Kier molecular flexibility index (Phi) is 5.47. The zero-order valence-corrected chi connectivity index (χ0v) is 16.1. The molecule has 0 spiro atoms. The number of nitrogens with one attached hydrogen (secondary N) is 1. The van der Waals surface area contributed by atoms with E-state index in [9.17, 15) is 4.79 Å². The Morgan fingerprint density at radius 2 is 1.81 bits per heavy atom. The Labute approximate surface area is 157 Å². The van der Waals surface area contributed by atoms with Gasteiger partial charge in [0, 0.05) is 15.8 Å². The summed E-state index contributed by atoms with van der Waals surface area (Å²) in [6, 6.07) is 16.4. The number of fused-ring (bicyclic) bond motifs is 1. The second kappa shape index (κ2) is 7.79. The van der Waals surface area contributed by atoms with Crippen molar-refractivity contribution in [2.45, 2.75) is 26.4 Å². The van der Waals surface area contributed by atoms with Crippen LogP contribution < -0.4 is 10.1 Å². The normalized spacial score (nSPS) is 11.3. The first-order valence-corrected chi connectivity index (χ1v) is 9.47. The largest absolute Gasteiger partial charge is 0.491 e. The molecule has 3 aromatic rings. The highest BCUT2D eigenvalue weighted by atomic mass is 32.1. The summed E-state index contributed by atoms with van der Waals surface area (Å²) in [5.41, 5.74) is 1.71. The van der Waals surface area contributed by atoms with Gasteiger partial charge >= 0.3 is 6.09 Å². The lowest BCUT2D eigenvalue weighted by atomic mass is 10.0. The molecule has 1 amide bonds. The summed E-state index contributed by atoms with van der Waals surface area (Å²) in [6.07, 6.45) is -0.433. The van der Waals surface area contributed by atoms with E-state index in [2.05, 4.69) is 41.0 Å². The topological polar surface area (TPSA) is 47.6 Å². The fourth-order valence-electron chi connectivity index (χ4n) is 2.65. The maximum Gasteiger partial charge on any atom is 0.407 e. The fraction of sp³-hybridized carbons (Fsp3) is 0.286. The first-order valence-electron chi connectivity index (χ1n) is 8.59. The summed E-state index contributed by atoms with van der Waals surface area (Å²) in [6.45, 7) is 6.27. The molecule has 1 heterocycles. The maximum atomic E-state index is 11.7. The van der Waals surface area contributed by atoms with Crippen molar-refractivity contribution in [1.29, 1.82) is 0 Å². The second-order valence-corrected chi connectivity index (χ2v) is 7.83. The van der Waals surface area contributed by atoms with Gasteiger partial charge in [-0.15, -0.1) is 11.3 Å². The van der Waals surface area contributed by atoms with E-state index < -0.39 is 11.7 Å². The van der Waals surface area contributed by atoms with Gasteiger partial charge in [-0.25, -0.2) is 4.79 Å². The van der Waals surface area contributed by atoms with Crippen LogP contribution in [0.3, 0.4) is 0 Å². The number of hydrogen-bond acceptors (Lipinski definition) is 4. The van der Waals surface area contributed by atoms with E-state index in [1.165, 1.54) is 10.1 Å². The van der Waals surface area contributed by atoms with E-state index in [0.717, 1.165) is 16.9 Å². The van der Waals surface area contributed by atoms with Crippen LogP contribution in [-0.4, -0.2) is 24.8 Å². The Balaban J connectivity index is 1.67. The smallest absolute Gasteiger partial charge is 0.407 e. The van der Waals surface area contributed by atoms with Crippen molar-refractivity contribution in [1.82, 2.24) is 5.32 Å². The molecule has 3 rings (SSSR count). The third-order valence-corrected chi connectivity index (χ3v) is 4.65. The molecule has 2 aromatic carbocycles. The van der Waals surface area contributed by atoms with Crippen molar-refractivity contribution >= 4 is 27.5 Å². The lowest BCUT2D eigenvalue weighted by molar-refractivity contribution is 0.0520. The minimum atomic E-state index is -0.503. The van der Waals surface area contributed by atoms with Gasteiger partial charge in [-0.1, -0.05) is 36.4 Å². The lowest BCUT2D eigenvalue weighted by Gasteiger charge is -2.19. The number of para-hydroxylation sites is 1. The second-order valence-electron chi connectivity index (χ2n) is 6.92. The monoisotopic (exact) mass is 369 g/mol. The molecule has 0 unspecified atom stereocenters. The first-order chi connectivity index (χ1) is 12.4. The van der Waals surface area contributed by atoms with Crippen molar-refractivity contribution in [2.75, 3.05) is 13.2 Å². The molecule has 0 aliphatic rings. The van der Waals surface area contributed by atoms with E-state index in [1.807, 2.05) is 39.0 Å². The van der Waals surface area contributed by atoms with Gasteiger partial charge in [0.2, 0.25) is 0 Å². The maximum absolute atomic E-state index is 11.7. The fourth-order valence-corrected chi connectivity index (χ4v) is 3.58. The minimum absolute atomic E-state index is 0.372. The highest BCUT2D eigenvalue weighted by Gasteiger charge is 2.15. The Morgan fingerprint density at radius 1 is 1.04 bits per heavy atom. The van der Waals surface area contributed by atoms with Crippen molar-refractivity contribution in [2.24, 2.45) is 0 Å². The molecular weight excluding hydrogens is 346 g/mol. The summed E-state index contributed by atoms with van der Waals surface area (Å²) in [7, 11) is 0. The summed E-state index contributed by atoms with van der Waals surface area (Å²) in [5.74, 6) is 0.805. The van der Waals surface area contributed by atoms with E-state index in [-0.39, 0.29) is 0 Å². The number of amides is 1. The van der Waals surface area contributed by atoms with Gasteiger partial charge < -0.3 is 14.8 Å². The molecule has 136 valence electrons. The van der Waals surface area contributed by atoms with Crippen LogP contribution in [0.4, 0.5) is 4.79 Å². The third kappa shape index (κ3) is 4.55.